The van der Waals surface area contributed by atoms with Crippen LogP contribution in [0, 0.1) is 11.3 Å². The van der Waals surface area contributed by atoms with E-state index >= 15 is 0 Å². The molecule has 0 saturated carbocycles. The number of phenolic OH excluding ortho intramolecular Hbond substituents is 1. The molecule has 37 heavy (non-hydrogen) atoms. The largest absolute Gasteiger partial charge is 0.507 e. The molecule has 0 spiro atoms. The van der Waals surface area contributed by atoms with E-state index in [0.29, 0.717) is 28.9 Å². The molecule has 0 unspecified atom stereocenters. The Morgan fingerprint density at radius 3 is 2.49 bits per heavy atom. The van der Waals surface area contributed by atoms with Crippen molar-refractivity contribution in [2.24, 2.45) is 0 Å². The Morgan fingerprint density at radius 1 is 1.08 bits per heavy atom. The molecular weight excluding hydrogens is 483 g/mol. The summed E-state index contributed by atoms with van der Waals surface area (Å²) >= 11 is 0. The number of nitrogens with two attached hydrogens (primary N) is 1. The smallest absolute Gasteiger partial charge is 0.471 e. The molecule has 7 nitrogen and oxygen atoms in total. The first-order valence-corrected chi connectivity index (χ1v) is 11.9. The highest BCUT2D eigenvalue weighted by Gasteiger charge is 2.43. The van der Waals surface area contributed by atoms with Crippen LogP contribution < -0.4 is 10.6 Å². The van der Waals surface area contributed by atoms with E-state index in [2.05, 4.69) is 9.88 Å². The molecule has 1 fully saturated rings. The fourth-order valence-corrected chi connectivity index (χ4v) is 4.50. The first-order chi connectivity index (χ1) is 17.7. The molecule has 0 aliphatic carbocycles. The lowest BCUT2D eigenvalue weighted by Gasteiger charge is -2.30. The summed E-state index contributed by atoms with van der Waals surface area (Å²) in [6.45, 7) is 1.75. The zero-order valence-corrected chi connectivity index (χ0v) is 20.0. The second-order valence-corrected chi connectivity index (χ2v) is 8.85. The van der Waals surface area contributed by atoms with Crippen molar-refractivity contribution in [3.8, 4) is 34.2 Å². The fraction of sp³-hybridized carbons (Fsp3) is 0.296. The van der Waals surface area contributed by atoms with Gasteiger partial charge in [-0.3, -0.25) is 4.79 Å². The van der Waals surface area contributed by atoms with Gasteiger partial charge in [0.15, 0.2) is 0 Å². The quantitative estimate of drug-likeness (QED) is 0.487. The number of carbonyl (C=O) groups is 1. The van der Waals surface area contributed by atoms with Crippen LogP contribution in [0.2, 0.25) is 0 Å². The number of rotatable bonds is 6. The second-order valence-electron chi connectivity index (χ2n) is 8.85. The lowest BCUT2D eigenvalue weighted by atomic mass is 9.97. The molecule has 10 heteroatoms. The highest BCUT2D eigenvalue weighted by molar-refractivity contribution is 5.98. The molecule has 2 aromatic carbocycles. The Kier molecular flexibility index (Phi) is 7.64. The highest BCUT2D eigenvalue weighted by atomic mass is 19.4. The summed E-state index contributed by atoms with van der Waals surface area (Å²) in [6, 6.07) is 16.0. The van der Waals surface area contributed by atoms with Gasteiger partial charge >= 0.3 is 12.1 Å². The summed E-state index contributed by atoms with van der Waals surface area (Å²) in [5.74, 6) is -2.08. The summed E-state index contributed by atoms with van der Waals surface area (Å²) in [6.07, 6.45) is -2.01. The van der Waals surface area contributed by atoms with E-state index in [0.717, 1.165) is 37.3 Å². The number of carbonyl (C=O) groups excluding carboxylic acids is 1. The van der Waals surface area contributed by atoms with Gasteiger partial charge in [0.05, 0.1) is 5.69 Å². The van der Waals surface area contributed by atoms with Gasteiger partial charge in [-0.1, -0.05) is 30.7 Å². The van der Waals surface area contributed by atoms with Gasteiger partial charge < -0.3 is 20.6 Å². The summed E-state index contributed by atoms with van der Waals surface area (Å²) in [4.78, 5) is 19.4. The van der Waals surface area contributed by atoms with Crippen LogP contribution in [0.5, 0.6) is 5.75 Å². The van der Waals surface area contributed by atoms with Gasteiger partial charge in [0.25, 0.3) is 0 Å². The molecule has 3 aromatic rings. The number of nitriles is 1. The minimum Gasteiger partial charge on any atom is -0.507 e. The van der Waals surface area contributed by atoms with Gasteiger partial charge in [0.1, 0.15) is 23.2 Å². The molecule has 1 aliphatic rings. The van der Waals surface area contributed by atoms with E-state index in [1.54, 1.807) is 30.3 Å². The number of pyridine rings is 1. The SMILES string of the molecule is N#Cc1c(-c2cccc(N(CCN3CCCCC3)C(=O)C(F)(F)F)c2)cc(-c2ccccc2O)nc1N. The number of phenols is 1. The zero-order chi connectivity index (χ0) is 26.6. The van der Waals surface area contributed by atoms with Crippen LogP contribution >= 0.6 is 0 Å². The Labute approximate surface area is 212 Å². The number of piperidine rings is 1. The van der Waals surface area contributed by atoms with Gasteiger partial charge in [-0.25, -0.2) is 4.98 Å². The Balaban J connectivity index is 1.75. The van der Waals surface area contributed by atoms with Crippen LogP contribution in [0.1, 0.15) is 24.8 Å². The maximum atomic E-state index is 13.5. The van der Waals surface area contributed by atoms with Gasteiger partial charge in [0.2, 0.25) is 0 Å². The van der Waals surface area contributed by atoms with E-state index in [9.17, 15) is 28.3 Å². The van der Waals surface area contributed by atoms with Crippen molar-refractivity contribution < 1.29 is 23.1 Å². The molecule has 1 aliphatic heterocycles. The number of aromatic hydroxyl groups is 1. The number of amides is 1. The third kappa shape index (κ3) is 5.84. The lowest BCUT2D eigenvalue weighted by molar-refractivity contribution is -0.170. The number of anilines is 2. The molecule has 4 rings (SSSR count). The lowest BCUT2D eigenvalue weighted by Crippen LogP contribution is -2.45. The average Bonchev–Trinajstić information content (AvgIpc) is 2.89. The number of nitrogen functional groups attached to an aromatic ring is 1. The molecule has 0 bridgehead atoms. The molecule has 192 valence electrons. The molecule has 0 radical (unpaired) electrons. The Hall–Kier alpha value is -4.10. The number of aromatic nitrogens is 1. The first kappa shape index (κ1) is 26.0. The molecule has 0 atom stereocenters. The maximum absolute atomic E-state index is 13.5. The summed E-state index contributed by atoms with van der Waals surface area (Å²) in [7, 11) is 0. The highest BCUT2D eigenvalue weighted by Crippen LogP contribution is 2.36. The Bertz CT molecular complexity index is 1330. The van der Waals surface area contributed by atoms with E-state index in [1.807, 2.05) is 6.07 Å². The van der Waals surface area contributed by atoms with Crippen molar-refractivity contribution >= 4 is 17.4 Å². The molecule has 1 aromatic heterocycles. The number of benzene rings is 2. The number of alkyl halides is 3. The van der Waals surface area contributed by atoms with Crippen molar-refractivity contribution in [3.63, 3.8) is 0 Å². The minimum atomic E-state index is -5.05. The normalized spacial score (nSPS) is 14.2. The predicted octanol–water partition coefficient (Wildman–Crippen LogP) is 4.96. The first-order valence-electron chi connectivity index (χ1n) is 11.9. The number of likely N-dealkylation sites (tertiary alicyclic amines) is 1. The van der Waals surface area contributed by atoms with Crippen molar-refractivity contribution in [3.05, 3.63) is 60.2 Å². The van der Waals surface area contributed by atoms with Crippen LogP contribution in [0.4, 0.5) is 24.7 Å². The van der Waals surface area contributed by atoms with E-state index in [1.165, 1.54) is 24.3 Å². The predicted molar refractivity (Wildman–Crippen MR) is 135 cm³/mol. The van der Waals surface area contributed by atoms with Crippen molar-refractivity contribution in [2.75, 3.05) is 36.8 Å². The van der Waals surface area contributed by atoms with Crippen molar-refractivity contribution in [2.45, 2.75) is 25.4 Å². The fourth-order valence-electron chi connectivity index (χ4n) is 4.50. The number of hydrogen-bond acceptors (Lipinski definition) is 6. The molecule has 2 heterocycles. The molecule has 1 amide bonds. The van der Waals surface area contributed by atoms with Crippen LogP contribution in [0.15, 0.2) is 54.6 Å². The summed E-state index contributed by atoms with van der Waals surface area (Å²) in [5.41, 5.74) is 7.54. The van der Waals surface area contributed by atoms with Gasteiger partial charge in [-0.15, -0.1) is 0 Å². The standard InChI is InChI=1S/C27H26F3N5O2/c28-27(29,30)26(37)35(14-13-34-11-4-1-5-12-34)19-8-6-7-18(15-19)21-16-23(33-25(32)22(21)17-31)20-9-2-3-10-24(20)36/h2-3,6-10,15-16,36H,1,4-5,11-14H2,(H2,32,33). The van der Waals surface area contributed by atoms with Crippen LogP contribution in [-0.4, -0.2) is 53.3 Å². The Morgan fingerprint density at radius 2 is 1.81 bits per heavy atom. The van der Waals surface area contributed by atoms with Crippen LogP contribution in [-0.2, 0) is 4.79 Å². The zero-order valence-electron chi connectivity index (χ0n) is 20.0. The van der Waals surface area contributed by atoms with Crippen molar-refractivity contribution in [1.82, 2.24) is 9.88 Å². The number of halogens is 3. The van der Waals surface area contributed by atoms with Crippen LogP contribution in [0.3, 0.4) is 0 Å². The second kappa shape index (κ2) is 10.9. The van der Waals surface area contributed by atoms with Gasteiger partial charge in [0, 0.05) is 29.9 Å². The summed E-state index contributed by atoms with van der Waals surface area (Å²) in [5, 5.41) is 20.0. The van der Waals surface area contributed by atoms with Gasteiger partial charge in [-0.05, 0) is 61.8 Å². The monoisotopic (exact) mass is 509 g/mol. The van der Waals surface area contributed by atoms with Crippen LogP contribution in [0.25, 0.3) is 22.4 Å². The summed E-state index contributed by atoms with van der Waals surface area (Å²) < 4.78 is 40.6. The third-order valence-electron chi connectivity index (χ3n) is 6.38. The number of hydrogen-bond donors (Lipinski definition) is 2. The number of para-hydroxylation sites is 1. The molecule has 3 N–H and O–H groups in total. The molecular formula is C27H26F3N5O2. The van der Waals surface area contributed by atoms with E-state index in [4.69, 9.17) is 5.73 Å². The van der Waals surface area contributed by atoms with Crippen molar-refractivity contribution in [1.29, 1.82) is 5.26 Å². The van der Waals surface area contributed by atoms with Gasteiger partial charge in [-0.2, -0.15) is 18.4 Å². The average molecular weight is 510 g/mol. The maximum Gasteiger partial charge on any atom is 0.471 e. The minimum absolute atomic E-state index is 0.0401. The third-order valence-corrected chi connectivity index (χ3v) is 6.38. The topological polar surface area (TPSA) is 106 Å². The number of nitrogens with zero attached hydrogens (tertiary/aromatic N) is 4. The van der Waals surface area contributed by atoms with E-state index < -0.39 is 12.1 Å². The van der Waals surface area contributed by atoms with E-state index in [-0.39, 0.29) is 29.4 Å². The molecule has 1 saturated heterocycles.